The minimum atomic E-state index is -0.227. The number of esters is 1. The van der Waals surface area contributed by atoms with Gasteiger partial charge in [-0.15, -0.1) is 0 Å². The molecule has 0 aliphatic heterocycles. The highest BCUT2D eigenvalue weighted by molar-refractivity contribution is 5.97. The number of anilines is 1. The summed E-state index contributed by atoms with van der Waals surface area (Å²) >= 11 is 0. The van der Waals surface area contributed by atoms with Crippen molar-refractivity contribution in [3.8, 4) is 0 Å². The molecule has 84 valence electrons. The molecule has 0 atom stereocenters. The number of hydrogen-bond acceptors (Lipinski definition) is 3. The van der Waals surface area contributed by atoms with Crippen LogP contribution in [0.25, 0.3) is 6.08 Å². The lowest BCUT2D eigenvalue weighted by Gasteiger charge is -2.04. The van der Waals surface area contributed by atoms with Crippen molar-refractivity contribution < 1.29 is 9.53 Å². The number of rotatable bonds is 2. The maximum absolute atomic E-state index is 11.6. The summed E-state index contributed by atoms with van der Waals surface area (Å²) in [7, 11) is 0. The summed E-state index contributed by atoms with van der Waals surface area (Å²) in [5.74, 6) is -0.227. The third kappa shape index (κ3) is 1.81. The highest BCUT2D eigenvalue weighted by Gasteiger charge is 2.20. The fourth-order valence-electron chi connectivity index (χ4n) is 1.89. The molecule has 0 radical (unpaired) electrons. The summed E-state index contributed by atoms with van der Waals surface area (Å²) in [5, 5.41) is 0. The Balaban J connectivity index is 2.28. The molecule has 1 aliphatic carbocycles. The second-order valence-corrected chi connectivity index (χ2v) is 3.97. The van der Waals surface area contributed by atoms with Gasteiger partial charge in [-0.2, -0.15) is 0 Å². The largest absolute Gasteiger partial charge is 0.463 e. The number of fused-ring (bicyclic) bond motifs is 1. The number of carbonyl (C=O) groups is 1. The SMILES string of the molecule is CCOC(=O)C1=Cc2cc(N)c(C)cc2C1. The van der Waals surface area contributed by atoms with Gasteiger partial charge in [-0.25, -0.2) is 4.79 Å². The third-order valence-electron chi connectivity index (χ3n) is 2.78. The van der Waals surface area contributed by atoms with Gasteiger partial charge in [-0.3, -0.25) is 0 Å². The second-order valence-electron chi connectivity index (χ2n) is 3.97. The zero-order valence-electron chi connectivity index (χ0n) is 9.54. The molecule has 3 nitrogen and oxygen atoms in total. The van der Waals surface area contributed by atoms with Crippen molar-refractivity contribution in [3.05, 3.63) is 34.4 Å². The molecule has 0 heterocycles. The smallest absolute Gasteiger partial charge is 0.334 e. The van der Waals surface area contributed by atoms with Crippen LogP contribution < -0.4 is 5.73 Å². The molecule has 3 heteroatoms. The van der Waals surface area contributed by atoms with E-state index in [0.717, 1.165) is 22.4 Å². The number of nitrogens with two attached hydrogens (primary N) is 1. The molecule has 1 aromatic rings. The second kappa shape index (κ2) is 4.00. The van der Waals surface area contributed by atoms with Crippen molar-refractivity contribution in [1.82, 2.24) is 0 Å². The lowest BCUT2D eigenvalue weighted by molar-refractivity contribution is -0.138. The Morgan fingerprint density at radius 1 is 1.50 bits per heavy atom. The first-order valence-corrected chi connectivity index (χ1v) is 5.38. The van der Waals surface area contributed by atoms with Crippen LogP contribution >= 0.6 is 0 Å². The Hall–Kier alpha value is -1.77. The van der Waals surface area contributed by atoms with E-state index < -0.39 is 0 Å². The molecule has 0 aromatic heterocycles. The molecule has 0 bridgehead atoms. The summed E-state index contributed by atoms with van der Waals surface area (Å²) in [5.41, 5.74) is 10.5. The van der Waals surface area contributed by atoms with Crippen LogP contribution in [0.5, 0.6) is 0 Å². The number of benzene rings is 1. The van der Waals surface area contributed by atoms with Gasteiger partial charge in [-0.05, 0) is 42.7 Å². The predicted molar refractivity (Wildman–Crippen MR) is 63.9 cm³/mol. The van der Waals surface area contributed by atoms with Crippen LogP contribution in [0.2, 0.25) is 0 Å². The molecule has 0 amide bonds. The van der Waals surface area contributed by atoms with E-state index in [-0.39, 0.29) is 5.97 Å². The average Bonchev–Trinajstić information content (AvgIpc) is 2.62. The highest BCUT2D eigenvalue weighted by atomic mass is 16.5. The number of ether oxygens (including phenoxy) is 1. The summed E-state index contributed by atoms with van der Waals surface area (Å²) in [6.07, 6.45) is 2.51. The van der Waals surface area contributed by atoms with E-state index in [1.807, 2.05) is 32.1 Å². The summed E-state index contributed by atoms with van der Waals surface area (Å²) in [6.45, 7) is 4.19. The molecule has 0 fully saturated rings. The van der Waals surface area contributed by atoms with Crippen LogP contribution in [0.1, 0.15) is 23.6 Å². The first-order chi connectivity index (χ1) is 7.61. The minimum absolute atomic E-state index is 0.227. The third-order valence-corrected chi connectivity index (χ3v) is 2.78. The Morgan fingerprint density at radius 3 is 2.94 bits per heavy atom. The van der Waals surface area contributed by atoms with Crippen molar-refractivity contribution in [2.45, 2.75) is 20.3 Å². The Labute approximate surface area is 94.9 Å². The number of nitrogen functional groups attached to an aromatic ring is 1. The molecular formula is C13H15NO2. The molecular weight excluding hydrogens is 202 g/mol. The summed E-state index contributed by atoms with van der Waals surface area (Å²) in [6, 6.07) is 3.95. The maximum atomic E-state index is 11.6. The van der Waals surface area contributed by atoms with Crippen LogP contribution in [0, 0.1) is 6.92 Å². The molecule has 16 heavy (non-hydrogen) atoms. The standard InChI is InChI=1S/C13H15NO2/c1-3-16-13(15)11-5-9-4-8(2)12(14)7-10(9)6-11/h4,6-7H,3,5,14H2,1-2H3. The zero-order chi connectivity index (χ0) is 11.7. The van der Waals surface area contributed by atoms with Crippen molar-refractivity contribution in [1.29, 1.82) is 0 Å². The van der Waals surface area contributed by atoms with Crippen LogP contribution in [0.4, 0.5) is 5.69 Å². The summed E-state index contributed by atoms with van der Waals surface area (Å²) < 4.78 is 4.98. The van der Waals surface area contributed by atoms with Crippen molar-refractivity contribution in [3.63, 3.8) is 0 Å². The molecule has 0 spiro atoms. The van der Waals surface area contributed by atoms with E-state index in [2.05, 4.69) is 0 Å². The molecule has 2 N–H and O–H groups in total. The van der Waals surface area contributed by atoms with Gasteiger partial charge in [0, 0.05) is 17.7 Å². The van der Waals surface area contributed by atoms with E-state index in [1.54, 1.807) is 0 Å². The van der Waals surface area contributed by atoms with Gasteiger partial charge in [0.15, 0.2) is 0 Å². The molecule has 0 saturated carbocycles. The van der Waals surface area contributed by atoms with E-state index in [9.17, 15) is 4.79 Å². The number of hydrogen-bond donors (Lipinski definition) is 1. The normalized spacial score (nSPS) is 13.2. The fraction of sp³-hybridized carbons (Fsp3) is 0.308. The Morgan fingerprint density at radius 2 is 2.25 bits per heavy atom. The lowest BCUT2D eigenvalue weighted by atomic mass is 10.0. The van der Waals surface area contributed by atoms with Crippen LogP contribution in [0.3, 0.4) is 0 Å². The van der Waals surface area contributed by atoms with Gasteiger partial charge in [0.2, 0.25) is 0 Å². The van der Waals surface area contributed by atoms with Gasteiger partial charge >= 0.3 is 5.97 Å². The van der Waals surface area contributed by atoms with Crippen molar-refractivity contribution in [2.24, 2.45) is 0 Å². The van der Waals surface area contributed by atoms with Crippen molar-refractivity contribution >= 4 is 17.7 Å². The number of aryl methyl sites for hydroxylation is 1. The van der Waals surface area contributed by atoms with E-state index in [0.29, 0.717) is 18.6 Å². The quantitative estimate of drug-likeness (QED) is 0.609. The fourth-order valence-corrected chi connectivity index (χ4v) is 1.89. The Bertz CT molecular complexity index is 475. The van der Waals surface area contributed by atoms with Crippen molar-refractivity contribution in [2.75, 3.05) is 12.3 Å². The average molecular weight is 217 g/mol. The van der Waals surface area contributed by atoms with Gasteiger partial charge in [0.05, 0.1) is 6.61 Å². The monoisotopic (exact) mass is 217 g/mol. The molecule has 2 rings (SSSR count). The minimum Gasteiger partial charge on any atom is -0.463 e. The van der Waals surface area contributed by atoms with E-state index in [1.165, 1.54) is 0 Å². The van der Waals surface area contributed by atoms with Gasteiger partial charge in [-0.1, -0.05) is 6.07 Å². The van der Waals surface area contributed by atoms with Crippen LogP contribution in [-0.2, 0) is 16.0 Å². The highest BCUT2D eigenvalue weighted by Crippen LogP contribution is 2.29. The summed E-state index contributed by atoms with van der Waals surface area (Å²) in [4.78, 5) is 11.6. The predicted octanol–water partition coefficient (Wildman–Crippen LogP) is 2.08. The lowest BCUT2D eigenvalue weighted by Crippen LogP contribution is -2.07. The van der Waals surface area contributed by atoms with Gasteiger partial charge < -0.3 is 10.5 Å². The first kappa shape index (κ1) is 10.7. The van der Waals surface area contributed by atoms with E-state index in [4.69, 9.17) is 10.5 Å². The van der Waals surface area contributed by atoms with Gasteiger partial charge in [0.1, 0.15) is 0 Å². The van der Waals surface area contributed by atoms with Gasteiger partial charge in [0.25, 0.3) is 0 Å². The van der Waals surface area contributed by atoms with E-state index >= 15 is 0 Å². The molecule has 1 aromatic carbocycles. The zero-order valence-corrected chi connectivity index (χ0v) is 9.54. The molecule has 1 aliphatic rings. The molecule has 0 unspecified atom stereocenters. The number of carbonyl (C=O) groups excluding carboxylic acids is 1. The maximum Gasteiger partial charge on any atom is 0.334 e. The Kier molecular flexibility index (Phi) is 2.69. The topological polar surface area (TPSA) is 52.3 Å². The van der Waals surface area contributed by atoms with Crippen LogP contribution in [-0.4, -0.2) is 12.6 Å². The molecule has 0 saturated heterocycles. The first-order valence-electron chi connectivity index (χ1n) is 5.38. The van der Waals surface area contributed by atoms with Crippen LogP contribution in [0.15, 0.2) is 17.7 Å².